The second-order valence-electron chi connectivity index (χ2n) is 6.10. The quantitative estimate of drug-likeness (QED) is 0.189. The number of rotatable bonds is 5. The van der Waals surface area contributed by atoms with Gasteiger partial charge in [-0.2, -0.15) is 5.10 Å². The van der Waals surface area contributed by atoms with Gasteiger partial charge in [-0.15, -0.1) is 0 Å². The molecule has 0 aromatic heterocycles. The number of amides is 2. The number of hydrogen-bond donors (Lipinski definition) is 2. The molecule has 0 radical (unpaired) electrons. The fraction of sp³-hybridized carbons (Fsp3) is 0. The predicted molar refractivity (Wildman–Crippen MR) is 116 cm³/mol. The first-order valence-corrected chi connectivity index (χ1v) is 9.68. The van der Waals surface area contributed by atoms with Gasteiger partial charge in [-0.25, -0.2) is 14.6 Å². The van der Waals surface area contributed by atoms with Gasteiger partial charge >= 0.3 is 17.8 Å². The Labute approximate surface area is 185 Å². The molecule has 0 fully saturated rings. The van der Waals surface area contributed by atoms with E-state index in [2.05, 4.69) is 31.8 Å². The number of hydrazone groups is 1. The molecule has 3 rings (SSSR count). The molecule has 0 aliphatic carbocycles. The minimum atomic E-state index is -1.03. The summed E-state index contributed by atoms with van der Waals surface area (Å²) in [7, 11) is 0. The van der Waals surface area contributed by atoms with Crippen molar-refractivity contribution < 1.29 is 23.5 Å². The van der Waals surface area contributed by atoms with Gasteiger partial charge < -0.3 is 10.1 Å². The third kappa shape index (κ3) is 6.31. The molecule has 0 aliphatic rings. The van der Waals surface area contributed by atoms with Crippen molar-refractivity contribution in [3.05, 3.63) is 94.2 Å². The predicted octanol–water partition coefficient (Wildman–Crippen LogP) is 3.90. The highest BCUT2D eigenvalue weighted by Gasteiger charge is 2.14. The largest absolute Gasteiger partial charge is 0.422 e. The number of esters is 1. The molecule has 2 amide bonds. The zero-order chi connectivity index (χ0) is 22.2. The van der Waals surface area contributed by atoms with Crippen molar-refractivity contribution in [3.63, 3.8) is 0 Å². The Balaban J connectivity index is 1.65. The molecule has 0 bridgehead atoms. The lowest BCUT2D eigenvalue weighted by Crippen LogP contribution is -2.32. The average Bonchev–Trinajstić information content (AvgIpc) is 2.77. The summed E-state index contributed by atoms with van der Waals surface area (Å²) in [6.07, 6.45) is 1.24. The molecular weight excluding hydrogens is 469 g/mol. The fourth-order valence-corrected chi connectivity index (χ4v) is 2.76. The highest BCUT2D eigenvalue weighted by atomic mass is 79.9. The lowest BCUT2D eigenvalue weighted by Gasteiger charge is -2.08. The van der Waals surface area contributed by atoms with E-state index in [0.29, 0.717) is 15.6 Å². The molecule has 7 nitrogen and oxygen atoms in total. The van der Waals surface area contributed by atoms with E-state index in [4.69, 9.17) is 4.74 Å². The van der Waals surface area contributed by atoms with Crippen LogP contribution in [0.5, 0.6) is 5.75 Å². The Hall–Kier alpha value is -3.85. The molecule has 0 unspecified atom stereocenters. The average molecular weight is 484 g/mol. The number of anilines is 1. The van der Waals surface area contributed by atoms with E-state index in [1.807, 2.05) is 0 Å². The van der Waals surface area contributed by atoms with Gasteiger partial charge in [0.15, 0.2) is 0 Å². The molecular formula is C22H15BrFN3O4. The maximum Gasteiger partial charge on any atom is 0.343 e. The summed E-state index contributed by atoms with van der Waals surface area (Å²) in [5.74, 6) is -2.82. The fourth-order valence-electron chi connectivity index (χ4n) is 2.38. The lowest BCUT2D eigenvalue weighted by atomic mass is 10.2. The number of carbonyl (C=O) groups excluding carboxylic acids is 3. The number of nitrogens with one attached hydrogen (secondary N) is 2. The zero-order valence-electron chi connectivity index (χ0n) is 15.8. The summed E-state index contributed by atoms with van der Waals surface area (Å²) in [4.78, 5) is 36.1. The van der Waals surface area contributed by atoms with Crippen LogP contribution >= 0.6 is 15.9 Å². The third-order valence-corrected chi connectivity index (χ3v) is 4.36. The van der Waals surface area contributed by atoms with Crippen LogP contribution in [0.4, 0.5) is 10.1 Å². The highest BCUT2D eigenvalue weighted by Crippen LogP contribution is 2.23. The molecule has 9 heteroatoms. The van der Waals surface area contributed by atoms with E-state index in [1.165, 1.54) is 18.3 Å². The van der Waals surface area contributed by atoms with Crippen molar-refractivity contribution in [3.8, 4) is 5.75 Å². The molecule has 0 spiro atoms. The van der Waals surface area contributed by atoms with Gasteiger partial charge in [0.1, 0.15) is 11.6 Å². The Morgan fingerprint density at radius 1 is 0.935 bits per heavy atom. The molecule has 31 heavy (non-hydrogen) atoms. The van der Waals surface area contributed by atoms with E-state index < -0.39 is 23.6 Å². The maximum atomic E-state index is 12.9. The number of nitrogens with zero attached hydrogens (tertiary/aromatic N) is 1. The monoisotopic (exact) mass is 483 g/mol. The van der Waals surface area contributed by atoms with E-state index >= 15 is 0 Å². The van der Waals surface area contributed by atoms with Gasteiger partial charge in [0, 0.05) is 15.7 Å². The Morgan fingerprint density at radius 3 is 2.35 bits per heavy atom. The van der Waals surface area contributed by atoms with Gasteiger partial charge in [0.2, 0.25) is 0 Å². The van der Waals surface area contributed by atoms with Crippen molar-refractivity contribution in [2.24, 2.45) is 5.10 Å². The number of hydrogen-bond acceptors (Lipinski definition) is 5. The second-order valence-corrected chi connectivity index (χ2v) is 7.01. The molecule has 3 aromatic carbocycles. The van der Waals surface area contributed by atoms with Crippen molar-refractivity contribution in [2.45, 2.75) is 0 Å². The standard InChI is InChI=1S/C22H15BrFN3O4/c23-16-6-11-19(31-22(30)14-4-2-1-3-5-14)15(12-16)13-25-27-21(29)20(28)26-18-9-7-17(24)8-10-18/h1-13H,(H,26,28)(H,27,29). The van der Waals surface area contributed by atoms with Crippen molar-refractivity contribution in [2.75, 3.05) is 5.32 Å². The SMILES string of the molecule is O=C(NN=Cc1cc(Br)ccc1OC(=O)c1ccccc1)C(=O)Nc1ccc(F)cc1. The van der Waals surface area contributed by atoms with Crippen molar-refractivity contribution >= 4 is 45.6 Å². The molecule has 0 heterocycles. The van der Waals surface area contributed by atoms with Crippen LogP contribution < -0.4 is 15.5 Å². The van der Waals surface area contributed by atoms with Crippen molar-refractivity contribution in [1.82, 2.24) is 5.43 Å². The van der Waals surface area contributed by atoms with Crippen LogP contribution in [0.3, 0.4) is 0 Å². The van der Waals surface area contributed by atoms with Crippen LogP contribution in [-0.4, -0.2) is 24.0 Å². The van der Waals surface area contributed by atoms with Crippen LogP contribution in [-0.2, 0) is 9.59 Å². The lowest BCUT2D eigenvalue weighted by molar-refractivity contribution is -0.136. The van der Waals surface area contributed by atoms with Crippen LogP contribution in [0.2, 0.25) is 0 Å². The Bertz CT molecular complexity index is 1140. The van der Waals surface area contributed by atoms with Gasteiger partial charge in [0.25, 0.3) is 0 Å². The highest BCUT2D eigenvalue weighted by molar-refractivity contribution is 9.10. The molecule has 0 saturated carbocycles. The first-order chi connectivity index (χ1) is 14.9. The van der Waals surface area contributed by atoms with Gasteiger partial charge in [-0.05, 0) is 54.6 Å². The first kappa shape index (κ1) is 21.8. The van der Waals surface area contributed by atoms with Crippen LogP contribution in [0.15, 0.2) is 82.4 Å². The van der Waals surface area contributed by atoms with Crippen molar-refractivity contribution in [1.29, 1.82) is 0 Å². The normalized spacial score (nSPS) is 10.5. The minimum absolute atomic E-state index is 0.214. The number of carbonyl (C=O) groups is 3. The molecule has 0 atom stereocenters. The second kappa shape index (κ2) is 10.3. The van der Waals surface area contributed by atoms with Gasteiger partial charge in [-0.3, -0.25) is 9.59 Å². The Morgan fingerprint density at radius 2 is 1.65 bits per heavy atom. The zero-order valence-corrected chi connectivity index (χ0v) is 17.4. The summed E-state index contributed by atoms with van der Waals surface area (Å²) in [5, 5.41) is 6.06. The summed E-state index contributed by atoms with van der Waals surface area (Å²) in [5.41, 5.74) is 3.10. The van der Waals surface area contributed by atoms with Gasteiger partial charge in [0.05, 0.1) is 11.8 Å². The molecule has 156 valence electrons. The topological polar surface area (TPSA) is 96.9 Å². The summed E-state index contributed by atoms with van der Waals surface area (Å²) >= 11 is 3.31. The maximum absolute atomic E-state index is 12.9. The van der Waals surface area contributed by atoms with E-state index in [1.54, 1.807) is 48.5 Å². The number of halogens is 2. The summed E-state index contributed by atoms with van der Waals surface area (Å²) in [6, 6.07) is 18.3. The van der Waals surface area contributed by atoms with Crippen LogP contribution in [0, 0.1) is 5.82 Å². The number of ether oxygens (including phenoxy) is 1. The van der Waals surface area contributed by atoms with Crippen LogP contribution in [0.25, 0.3) is 0 Å². The summed E-state index contributed by atoms with van der Waals surface area (Å²) < 4.78 is 19.0. The molecule has 0 saturated heterocycles. The third-order valence-electron chi connectivity index (χ3n) is 3.86. The Kier molecular flexibility index (Phi) is 7.23. The van der Waals surface area contributed by atoms with Gasteiger partial charge in [-0.1, -0.05) is 34.1 Å². The van der Waals surface area contributed by atoms with E-state index in [9.17, 15) is 18.8 Å². The van der Waals surface area contributed by atoms with E-state index in [-0.39, 0.29) is 11.4 Å². The summed E-state index contributed by atoms with van der Waals surface area (Å²) in [6.45, 7) is 0. The first-order valence-electron chi connectivity index (χ1n) is 8.89. The molecule has 0 aliphatic heterocycles. The molecule has 3 aromatic rings. The smallest absolute Gasteiger partial charge is 0.343 e. The van der Waals surface area contributed by atoms with Crippen LogP contribution in [0.1, 0.15) is 15.9 Å². The molecule has 2 N–H and O–H groups in total. The minimum Gasteiger partial charge on any atom is -0.422 e. The van der Waals surface area contributed by atoms with E-state index in [0.717, 1.165) is 12.1 Å². The number of benzene rings is 3.